The number of anilines is 2. The van der Waals surface area contributed by atoms with Crippen LogP contribution in [0.1, 0.15) is 25.7 Å². The van der Waals surface area contributed by atoms with E-state index in [2.05, 4.69) is 15.5 Å². The lowest BCUT2D eigenvalue weighted by molar-refractivity contribution is -0.119. The van der Waals surface area contributed by atoms with Crippen LogP contribution in [0.15, 0.2) is 18.2 Å². The Morgan fingerprint density at radius 3 is 2.76 bits per heavy atom. The van der Waals surface area contributed by atoms with Gasteiger partial charge in [0.05, 0.1) is 17.9 Å². The van der Waals surface area contributed by atoms with Crippen molar-refractivity contribution in [2.24, 2.45) is 5.92 Å². The molecule has 1 saturated carbocycles. The largest absolute Gasteiger partial charge is 0.374 e. The van der Waals surface area contributed by atoms with Gasteiger partial charge >= 0.3 is 0 Å². The number of rotatable bonds is 6. The zero-order chi connectivity index (χ0) is 14.7. The van der Waals surface area contributed by atoms with E-state index in [0.29, 0.717) is 17.5 Å². The molecular formula is C16H22ClN3O. The first kappa shape index (κ1) is 14.5. The Balaban J connectivity index is 1.59. The second-order valence-corrected chi connectivity index (χ2v) is 6.39. The van der Waals surface area contributed by atoms with Crippen molar-refractivity contribution in [3.8, 4) is 0 Å². The van der Waals surface area contributed by atoms with Gasteiger partial charge in [-0.3, -0.25) is 4.79 Å². The number of carbonyl (C=O) groups is 1. The Bertz CT molecular complexity index is 510. The van der Waals surface area contributed by atoms with Crippen molar-refractivity contribution in [1.82, 2.24) is 5.32 Å². The molecule has 21 heavy (non-hydrogen) atoms. The van der Waals surface area contributed by atoms with E-state index < -0.39 is 0 Å². The highest BCUT2D eigenvalue weighted by atomic mass is 35.5. The highest BCUT2D eigenvalue weighted by Crippen LogP contribution is 2.31. The molecule has 1 aliphatic carbocycles. The third-order valence-electron chi connectivity index (χ3n) is 4.13. The fourth-order valence-corrected chi connectivity index (χ4v) is 2.87. The van der Waals surface area contributed by atoms with E-state index in [0.717, 1.165) is 31.0 Å². The van der Waals surface area contributed by atoms with Crippen LogP contribution in [0.25, 0.3) is 0 Å². The van der Waals surface area contributed by atoms with Crippen LogP contribution >= 0.6 is 11.6 Å². The van der Waals surface area contributed by atoms with E-state index in [1.165, 1.54) is 25.7 Å². The standard InChI is InChI=1S/C16H22ClN3O/c17-13-5-6-15(20-7-1-2-8-20)14(9-13)18-11-16(21)19-10-12-3-4-12/h5-6,9,12,18H,1-4,7-8,10-11H2,(H,19,21). The molecule has 1 aromatic carbocycles. The van der Waals surface area contributed by atoms with Crippen molar-refractivity contribution in [3.63, 3.8) is 0 Å². The predicted molar refractivity (Wildman–Crippen MR) is 87.1 cm³/mol. The van der Waals surface area contributed by atoms with E-state index in [1.807, 2.05) is 18.2 Å². The molecule has 0 aromatic heterocycles. The Labute approximate surface area is 130 Å². The van der Waals surface area contributed by atoms with Gasteiger partial charge in [0.2, 0.25) is 5.91 Å². The number of halogens is 1. The van der Waals surface area contributed by atoms with E-state index in [4.69, 9.17) is 11.6 Å². The third-order valence-corrected chi connectivity index (χ3v) is 4.36. The lowest BCUT2D eigenvalue weighted by Gasteiger charge is -2.22. The number of carbonyl (C=O) groups excluding carboxylic acids is 1. The second-order valence-electron chi connectivity index (χ2n) is 5.96. The molecule has 2 fully saturated rings. The maximum absolute atomic E-state index is 11.8. The Kier molecular flexibility index (Phi) is 4.54. The summed E-state index contributed by atoms with van der Waals surface area (Å²) in [5.41, 5.74) is 2.10. The molecule has 0 atom stereocenters. The molecular weight excluding hydrogens is 286 g/mol. The summed E-state index contributed by atoms with van der Waals surface area (Å²) in [5, 5.41) is 6.90. The molecule has 0 spiro atoms. The van der Waals surface area contributed by atoms with Gasteiger partial charge in [0.25, 0.3) is 0 Å². The van der Waals surface area contributed by atoms with Gasteiger partial charge in [-0.05, 0) is 49.8 Å². The van der Waals surface area contributed by atoms with Crippen molar-refractivity contribution >= 4 is 28.9 Å². The van der Waals surface area contributed by atoms with Crippen LogP contribution in [0.5, 0.6) is 0 Å². The smallest absolute Gasteiger partial charge is 0.239 e. The first-order chi connectivity index (χ1) is 10.2. The monoisotopic (exact) mass is 307 g/mol. The molecule has 114 valence electrons. The summed E-state index contributed by atoms with van der Waals surface area (Å²) in [6, 6.07) is 5.86. The zero-order valence-electron chi connectivity index (χ0n) is 12.2. The van der Waals surface area contributed by atoms with Gasteiger partial charge in [-0.1, -0.05) is 11.6 Å². The molecule has 0 radical (unpaired) electrons. The average molecular weight is 308 g/mol. The van der Waals surface area contributed by atoms with Crippen molar-refractivity contribution in [1.29, 1.82) is 0 Å². The van der Waals surface area contributed by atoms with E-state index in [9.17, 15) is 4.79 Å². The van der Waals surface area contributed by atoms with Gasteiger partial charge in [-0.2, -0.15) is 0 Å². The summed E-state index contributed by atoms with van der Waals surface area (Å²) >= 11 is 6.09. The molecule has 1 saturated heterocycles. The Morgan fingerprint density at radius 2 is 2.05 bits per heavy atom. The van der Waals surface area contributed by atoms with Crippen LogP contribution in [-0.4, -0.2) is 32.1 Å². The average Bonchev–Trinajstić information content (AvgIpc) is 3.16. The first-order valence-electron chi connectivity index (χ1n) is 7.77. The highest BCUT2D eigenvalue weighted by Gasteiger charge is 2.21. The number of hydrogen-bond acceptors (Lipinski definition) is 3. The molecule has 3 rings (SSSR count). The van der Waals surface area contributed by atoms with Crippen molar-refractivity contribution < 1.29 is 4.79 Å². The maximum Gasteiger partial charge on any atom is 0.239 e. The molecule has 1 heterocycles. The normalized spacial score (nSPS) is 17.9. The van der Waals surface area contributed by atoms with Gasteiger partial charge < -0.3 is 15.5 Å². The van der Waals surface area contributed by atoms with Crippen LogP contribution in [0.2, 0.25) is 5.02 Å². The maximum atomic E-state index is 11.8. The van der Waals surface area contributed by atoms with E-state index in [-0.39, 0.29) is 5.91 Å². The van der Waals surface area contributed by atoms with Gasteiger partial charge in [0.15, 0.2) is 0 Å². The molecule has 2 N–H and O–H groups in total. The molecule has 5 heteroatoms. The zero-order valence-corrected chi connectivity index (χ0v) is 13.0. The molecule has 4 nitrogen and oxygen atoms in total. The lowest BCUT2D eigenvalue weighted by atomic mass is 10.2. The van der Waals surface area contributed by atoms with Crippen LogP contribution in [-0.2, 0) is 4.79 Å². The van der Waals surface area contributed by atoms with E-state index >= 15 is 0 Å². The molecule has 1 aromatic rings. The van der Waals surface area contributed by atoms with Crippen LogP contribution in [0.4, 0.5) is 11.4 Å². The Hall–Kier alpha value is -1.42. The van der Waals surface area contributed by atoms with Gasteiger partial charge in [-0.15, -0.1) is 0 Å². The second kappa shape index (κ2) is 6.56. The topological polar surface area (TPSA) is 44.4 Å². The molecule has 1 amide bonds. The predicted octanol–water partition coefficient (Wildman–Crippen LogP) is 2.88. The van der Waals surface area contributed by atoms with Crippen molar-refractivity contribution in [2.75, 3.05) is 36.4 Å². The molecule has 1 aliphatic heterocycles. The number of hydrogen-bond donors (Lipinski definition) is 2. The summed E-state index contributed by atoms with van der Waals surface area (Å²) in [6.07, 6.45) is 4.95. The van der Waals surface area contributed by atoms with Gasteiger partial charge in [0.1, 0.15) is 0 Å². The quantitative estimate of drug-likeness (QED) is 0.849. The Morgan fingerprint density at radius 1 is 1.29 bits per heavy atom. The minimum atomic E-state index is 0.0502. The molecule has 2 aliphatic rings. The van der Waals surface area contributed by atoms with Crippen molar-refractivity contribution in [2.45, 2.75) is 25.7 Å². The number of amides is 1. The summed E-state index contributed by atoms with van der Waals surface area (Å²) < 4.78 is 0. The molecule has 0 unspecified atom stereocenters. The first-order valence-corrected chi connectivity index (χ1v) is 8.15. The van der Waals surface area contributed by atoms with Gasteiger partial charge in [0, 0.05) is 24.7 Å². The molecule has 0 bridgehead atoms. The summed E-state index contributed by atoms with van der Waals surface area (Å²) in [5.74, 6) is 0.759. The summed E-state index contributed by atoms with van der Waals surface area (Å²) in [7, 11) is 0. The SMILES string of the molecule is O=C(CNc1cc(Cl)ccc1N1CCCC1)NCC1CC1. The number of nitrogens with one attached hydrogen (secondary N) is 2. The van der Waals surface area contributed by atoms with Crippen LogP contribution in [0, 0.1) is 5.92 Å². The van der Waals surface area contributed by atoms with Crippen LogP contribution in [0.3, 0.4) is 0 Å². The van der Waals surface area contributed by atoms with E-state index in [1.54, 1.807) is 0 Å². The minimum Gasteiger partial charge on any atom is -0.374 e. The summed E-state index contributed by atoms with van der Waals surface area (Å²) in [6.45, 7) is 3.26. The fraction of sp³-hybridized carbons (Fsp3) is 0.562. The van der Waals surface area contributed by atoms with Crippen molar-refractivity contribution in [3.05, 3.63) is 23.2 Å². The third kappa shape index (κ3) is 4.03. The highest BCUT2D eigenvalue weighted by molar-refractivity contribution is 6.31. The summed E-state index contributed by atoms with van der Waals surface area (Å²) in [4.78, 5) is 14.2. The van der Waals surface area contributed by atoms with Crippen LogP contribution < -0.4 is 15.5 Å². The lowest BCUT2D eigenvalue weighted by Crippen LogP contribution is -2.31. The van der Waals surface area contributed by atoms with Gasteiger partial charge in [-0.25, -0.2) is 0 Å². The fourth-order valence-electron chi connectivity index (χ4n) is 2.70. The number of nitrogens with zero attached hydrogens (tertiary/aromatic N) is 1. The number of benzene rings is 1. The minimum absolute atomic E-state index is 0.0502.